The summed E-state index contributed by atoms with van der Waals surface area (Å²) in [6, 6.07) is 15.3. The van der Waals surface area contributed by atoms with Crippen LogP contribution in [0.2, 0.25) is 10.0 Å². The van der Waals surface area contributed by atoms with Gasteiger partial charge >= 0.3 is 0 Å². The van der Waals surface area contributed by atoms with E-state index in [4.69, 9.17) is 23.2 Å². The van der Waals surface area contributed by atoms with Crippen LogP contribution in [0.3, 0.4) is 0 Å². The van der Waals surface area contributed by atoms with E-state index in [0.717, 1.165) is 11.1 Å². The Bertz CT molecular complexity index is 531. The summed E-state index contributed by atoms with van der Waals surface area (Å²) < 4.78 is 0. The molecule has 2 aromatic rings. The van der Waals surface area contributed by atoms with Crippen molar-refractivity contribution in [3.05, 3.63) is 69.7 Å². The van der Waals surface area contributed by atoms with Crippen molar-refractivity contribution in [2.24, 2.45) is 0 Å². The van der Waals surface area contributed by atoms with Gasteiger partial charge in [-0.1, -0.05) is 59.6 Å². The molecule has 4 heteroatoms. The zero-order valence-corrected chi connectivity index (χ0v) is 11.8. The predicted octanol–water partition coefficient (Wildman–Crippen LogP) is 3.82. The first-order valence-electron chi connectivity index (χ1n) is 6.04. The van der Waals surface area contributed by atoms with E-state index in [1.54, 1.807) is 6.07 Å². The second-order valence-corrected chi connectivity index (χ2v) is 5.09. The van der Waals surface area contributed by atoms with Gasteiger partial charge in [0.1, 0.15) is 0 Å². The van der Waals surface area contributed by atoms with E-state index >= 15 is 0 Å². The Balaban J connectivity index is 2.02. The van der Waals surface area contributed by atoms with Crippen molar-refractivity contribution in [1.82, 2.24) is 5.32 Å². The van der Waals surface area contributed by atoms with Crippen molar-refractivity contribution < 1.29 is 5.11 Å². The van der Waals surface area contributed by atoms with Gasteiger partial charge in [0.15, 0.2) is 0 Å². The molecule has 0 unspecified atom stereocenters. The highest BCUT2D eigenvalue weighted by molar-refractivity contribution is 6.42. The minimum atomic E-state index is -0.0874. The summed E-state index contributed by atoms with van der Waals surface area (Å²) in [5.41, 5.74) is 2.09. The van der Waals surface area contributed by atoms with Crippen LogP contribution in [0.1, 0.15) is 17.2 Å². The SMILES string of the molecule is OC[C@H](NCc1ccc(Cl)c(Cl)c1)c1ccccc1. The molecule has 0 amide bonds. The average molecular weight is 296 g/mol. The Hall–Kier alpha value is -1.06. The van der Waals surface area contributed by atoms with E-state index in [2.05, 4.69) is 5.32 Å². The molecular weight excluding hydrogens is 281 g/mol. The lowest BCUT2D eigenvalue weighted by molar-refractivity contribution is 0.243. The maximum atomic E-state index is 9.45. The Labute approximate surface area is 123 Å². The van der Waals surface area contributed by atoms with Crippen molar-refractivity contribution >= 4 is 23.2 Å². The van der Waals surface area contributed by atoms with Crippen LogP contribution in [-0.4, -0.2) is 11.7 Å². The summed E-state index contributed by atoms with van der Waals surface area (Å²) in [6.45, 7) is 0.669. The summed E-state index contributed by atoms with van der Waals surface area (Å²) >= 11 is 11.8. The summed E-state index contributed by atoms with van der Waals surface area (Å²) in [5.74, 6) is 0. The number of nitrogens with one attached hydrogen (secondary N) is 1. The summed E-state index contributed by atoms with van der Waals surface area (Å²) in [4.78, 5) is 0. The number of aliphatic hydroxyl groups excluding tert-OH is 1. The third-order valence-electron chi connectivity index (χ3n) is 2.92. The Morgan fingerprint density at radius 1 is 1.00 bits per heavy atom. The lowest BCUT2D eigenvalue weighted by Gasteiger charge is -2.17. The monoisotopic (exact) mass is 295 g/mol. The van der Waals surface area contributed by atoms with Crippen LogP contribution in [0.5, 0.6) is 0 Å². The molecular formula is C15H15Cl2NO. The third-order valence-corrected chi connectivity index (χ3v) is 3.66. The zero-order chi connectivity index (χ0) is 13.7. The fourth-order valence-electron chi connectivity index (χ4n) is 1.86. The highest BCUT2D eigenvalue weighted by atomic mass is 35.5. The van der Waals surface area contributed by atoms with E-state index < -0.39 is 0 Å². The van der Waals surface area contributed by atoms with Crippen LogP contribution in [0.4, 0.5) is 0 Å². The first-order valence-corrected chi connectivity index (χ1v) is 6.79. The lowest BCUT2D eigenvalue weighted by Crippen LogP contribution is -2.23. The minimum Gasteiger partial charge on any atom is -0.394 e. The van der Waals surface area contributed by atoms with Gasteiger partial charge in [0.25, 0.3) is 0 Å². The van der Waals surface area contributed by atoms with Gasteiger partial charge in [-0.3, -0.25) is 0 Å². The Morgan fingerprint density at radius 2 is 1.74 bits per heavy atom. The lowest BCUT2D eigenvalue weighted by atomic mass is 10.1. The minimum absolute atomic E-state index is 0.0470. The third kappa shape index (κ3) is 3.95. The molecule has 2 rings (SSSR count). The average Bonchev–Trinajstić information content (AvgIpc) is 2.44. The van der Waals surface area contributed by atoms with Gasteiger partial charge in [-0.2, -0.15) is 0 Å². The second kappa shape index (κ2) is 6.92. The largest absolute Gasteiger partial charge is 0.394 e. The topological polar surface area (TPSA) is 32.3 Å². The number of halogens is 2. The molecule has 0 saturated heterocycles. The number of aliphatic hydroxyl groups is 1. The quantitative estimate of drug-likeness (QED) is 0.879. The van der Waals surface area contributed by atoms with Crippen molar-refractivity contribution in [3.8, 4) is 0 Å². The van der Waals surface area contributed by atoms with E-state index in [1.807, 2.05) is 42.5 Å². The first kappa shape index (κ1) is 14.4. The summed E-state index contributed by atoms with van der Waals surface area (Å²) in [5, 5.41) is 13.8. The molecule has 2 N–H and O–H groups in total. The number of hydrogen-bond donors (Lipinski definition) is 2. The smallest absolute Gasteiger partial charge is 0.0626 e. The fourth-order valence-corrected chi connectivity index (χ4v) is 2.18. The van der Waals surface area contributed by atoms with Gasteiger partial charge in [0, 0.05) is 6.54 Å². The Morgan fingerprint density at radius 3 is 2.37 bits per heavy atom. The van der Waals surface area contributed by atoms with Crippen LogP contribution < -0.4 is 5.32 Å². The fraction of sp³-hybridized carbons (Fsp3) is 0.200. The van der Waals surface area contributed by atoms with Crippen LogP contribution in [0.25, 0.3) is 0 Å². The maximum Gasteiger partial charge on any atom is 0.0626 e. The van der Waals surface area contributed by atoms with E-state index in [1.165, 1.54) is 0 Å². The molecule has 0 aromatic heterocycles. The zero-order valence-electron chi connectivity index (χ0n) is 10.3. The van der Waals surface area contributed by atoms with Crippen molar-refractivity contribution in [3.63, 3.8) is 0 Å². The molecule has 0 aliphatic carbocycles. The van der Waals surface area contributed by atoms with Crippen LogP contribution in [0.15, 0.2) is 48.5 Å². The molecule has 2 nitrogen and oxygen atoms in total. The standard InChI is InChI=1S/C15H15Cl2NO/c16-13-7-6-11(8-14(13)17)9-18-15(10-19)12-4-2-1-3-5-12/h1-8,15,18-19H,9-10H2/t15-/m0/s1. The van der Waals surface area contributed by atoms with Gasteiger partial charge in [0.2, 0.25) is 0 Å². The van der Waals surface area contributed by atoms with Crippen molar-refractivity contribution in [2.75, 3.05) is 6.61 Å². The molecule has 0 fully saturated rings. The van der Waals surface area contributed by atoms with Gasteiger partial charge in [-0.25, -0.2) is 0 Å². The number of hydrogen-bond acceptors (Lipinski definition) is 2. The number of benzene rings is 2. The van der Waals surface area contributed by atoms with Crippen molar-refractivity contribution in [1.29, 1.82) is 0 Å². The second-order valence-electron chi connectivity index (χ2n) is 4.28. The normalized spacial score (nSPS) is 12.4. The van der Waals surface area contributed by atoms with Crippen LogP contribution in [0, 0.1) is 0 Å². The molecule has 2 aromatic carbocycles. The molecule has 0 spiro atoms. The van der Waals surface area contributed by atoms with Gasteiger partial charge in [-0.05, 0) is 23.3 Å². The number of rotatable bonds is 5. The van der Waals surface area contributed by atoms with E-state index in [9.17, 15) is 5.11 Å². The molecule has 0 radical (unpaired) electrons. The van der Waals surface area contributed by atoms with E-state index in [0.29, 0.717) is 16.6 Å². The summed E-state index contributed by atoms with van der Waals surface area (Å²) in [7, 11) is 0. The van der Waals surface area contributed by atoms with Crippen molar-refractivity contribution in [2.45, 2.75) is 12.6 Å². The molecule has 0 aliphatic rings. The highest BCUT2D eigenvalue weighted by Gasteiger charge is 2.09. The molecule has 0 saturated carbocycles. The molecule has 0 heterocycles. The Kier molecular flexibility index (Phi) is 5.23. The predicted molar refractivity (Wildman–Crippen MR) is 79.6 cm³/mol. The van der Waals surface area contributed by atoms with Gasteiger partial charge in [-0.15, -0.1) is 0 Å². The van der Waals surface area contributed by atoms with Crippen LogP contribution >= 0.6 is 23.2 Å². The van der Waals surface area contributed by atoms with Gasteiger partial charge < -0.3 is 10.4 Å². The summed E-state index contributed by atoms with van der Waals surface area (Å²) in [6.07, 6.45) is 0. The molecule has 100 valence electrons. The van der Waals surface area contributed by atoms with Gasteiger partial charge in [0.05, 0.1) is 22.7 Å². The highest BCUT2D eigenvalue weighted by Crippen LogP contribution is 2.23. The molecule has 0 aliphatic heterocycles. The molecule has 19 heavy (non-hydrogen) atoms. The van der Waals surface area contributed by atoms with E-state index in [-0.39, 0.29) is 12.6 Å². The maximum absolute atomic E-state index is 9.45. The van der Waals surface area contributed by atoms with Crippen LogP contribution in [-0.2, 0) is 6.54 Å². The first-order chi connectivity index (χ1) is 9.20. The molecule has 0 bridgehead atoms. The molecule has 1 atom stereocenters.